The monoisotopic (exact) mass is 240 g/mol. The summed E-state index contributed by atoms with van der Waals surface area (Å²) in [5.41, 5.74) is 1.42. The van der Waals surface area contributed by atoms with Gasteiger partial charge in [0.25, 0.3) is 0 Å². The normalized spacial score (nSPS) is 13.0. The molecule has 0 aromatic carbocycles. The fourth-order valence-electron chi connectivity index (χ4n) is 1.72. The van der Waals surface area contributed by atoms with Crippen molar-refractivity contribution in [2.45, 2.75) is 46.7 Å². The SMILES string of the molecule is CCNC(C)CCNCc1cc(C)c(C)s1. The van der Waals surface area contributed by atoms with E-state index in [9.17, 15) is 0 Å². The van der Waals surface area contributed by atoms with Crippen LogP contribution in [0, 0.1) is 13.8 Å². The molecule has 0 radical (unpaired) electrons. The summed E-state index contributed by atoms with van der Waals surface area (Å²) in [7, 11) is 0. The van der Waals surface area contributed by atoms with Crippen molar-refractivity contribution < 1.29 is 0 Å². The van der Waals surface area contributed by atoms with Crippen molar-refractivity contribution in [2.24, 2.45) is 0 Å². The first kappa shape index (κ1) is 13.7. The predicted octanol–water partition coefficient (Wildman–Crippen LogP) is 2.84. The summed E-state index contributed by atoms with van der Waals surface area (Å²) in [5.74, 6) is 0. The minimum absolute atomic E-state index is 0.615. The van der Waals surface area contributed by atoms with Gasteiger partial charge in [-0.1, -0.05) is 6.92 Å². The van der Waals surface area contributed by atoms with E-state index in [1.54, 1.807) is 0 Å². The number of hydrogen-bond donors (Lipinski definition) is 2. The molecule has 1 atom stereocenters. The Morgan fingerprint density at radius 3 is 2.69 bits per heavy atom. The van der Waals surface area contributed by atoms with Crippen LogP contribution in [-0.2, 0) is 6.54 Å². The fourth-order valence-corrected chi connectivity index (χ4v) is 2.74. The van der Waals surface area contributed by atoms with Crippen LogP contribution in [0.4, 0.5) is 0 Å². The maximum Gasteiger partial charge on any atom is 0.0299 e. The van der Waals surface area contributed by atoms with Crippen molar-refractivity contribution >= 4 is 11.3 Å². The Balaban J connectivity index is 2.16. The lowest BCUT2D eigenvalue weighted by Crippen LogP contribution is -2.29. The maximum absolute atomic E-state index is 3.50. The maximum atomic E-state index is 3.50. The second-order valence-corrected chi connectivity index (χ2v) is 5.72. The Kier molecular flexibility index (Phi) is 6.03. The molecule has 3 heteroatoms. The average molecular weight is 240 g/mol. The van der Waals surface area contributed by atoms with Crippen molar-refractivity contribution in [1.29, 1.82) is 0 Å². The van der Waals surface area contributed by atoms with Crippen LogP contribution in [0.1, 0.15) is 35.6 Å². The average Bonchev–Trinajstić information content (AvgIpc) is 2.54. The lowest BCUT2D eigenvalue weighted by atomic mass is 10.2. The van der Waals surface area contributed by atoms with E-state index < -0.39 is 0 Å². The van der Waals surface area contributed by atoms with E-state index >= 15 is 0 Å². The van der Waals surface area contributed by atoms with Crippen LogP contribution in [0.5, 0.6) is 0 Å². The summed E-state index contributed by atoms with van der Waals surface area (Å²) in [4.78, 5) is 2.89. The lowest BCUT2D eigenvalue weighted by molar-refractivity contribution is 0.505. The number of aryl methyl sites for hydroxylation is 2. The van der Waals surface area contributed by atoms with Crippen LogP contribution >= 0.6 is 11.3 Å². The highest BCUT2D eigenvalue weighted by Crippen LogP contribution is 2.20. The molecule has 0 aliphatic carbocycles. The molecular weight excluding hydrogens is 216 g/mol. The van der Waals surface area contributed by atoms with E-state index in [4.69, 9.17) is 0 Å². The zero-order valence-electron chi connectivity index (χ0n) is 10.9. The van der Waals surface area contributed by atoms with Gasteiger partial charge < -0.3 is 10.6 Å². The van der Waals surface area contributed by atoms with Crippen LogP contribution in [-0.4, -0.2) is 19.1 Å². The summed E-state index contributed by atoms with van der Waals surface area (Å²) in [6, 6.07) is 2.91. The van der Waals surface area contributed by atoms with Crippen LogP contribution in [0.3, 0.4) is 0 Å². The summed E-state index contributed by atoms with van der Waals surface area (Å²) in [5, 5.41) is 6.92. The van der Waals surface area contributed by atoms with E-state index in [0.29, 0.717) is 6.04 Å². The second kappa shape index (κ2) is 7.05. The molecule has 1 heterocycles. The van der Waals surface area contributed by atoms with E-state index in [2.05, 4.69) is 44.4 Å². The molecule has 0 aliphatic heterocycles. The zero-order valence-corrected chi connectivity index (χ0v) is 11.7. The van der Waals surface area contributed by atoms with Crippen LogP contribution in [0.2, 0.25) is 0 Å². The summed E-state index contributed by atoms with van der Waals surface area (Å²) in [6.45, 7) is 11.9. The van der Waals surface area contributed by atoms with Crippen molar-refractivity contribution in [2.75, 3.05) is 13.1 Å². The lowest BCUT2D eigenvalue weighted by Gasteiger charge is -2.12. The largest absolute Gasteiger partial charge is 0.314 e. The quantitative estimate of drug-likeness (QED) is 0.716. The van der Waals surface area contributed by atoms with E-state index in [1.807, 2.05) is 11.3 Å². The smallest absolute Gasteiger partial charge is 0.0299 e. The molecule has 0 fully saturated rings. The fraction of sp³-hybridized carbons (Fsp3) is 0.692. The third-order valence-electron chi connectivity index (χ3n) is 2.82. The first-order valence-electron chi connectivity index (χ1n) is 6.13. The van der Waals surface area contributed by atoms with Gasteiger partial charge in [-0.3, -0.25) is 0 Å². The third kappa shape index (κ3) is 4.64. The highest BCUT2D eigenvalue weighted by Gasteiger charge is 2.02. The molecule has 92 valence electrons. The van der Waals surface area contributed by atoms with Gasteiger partial charge in [-0.2, -0.15) is 0 Å². The van der Waals surface area contributed by atoms with Crippen LogP contribution < -0.4 is 10.6 Å². The minimum atomic E-state index is 0.615. The molecule has 1 unspecified atom stereocenters. The van der Waals surface area contributed by atoms with Gasteiger partial charge in [-0.25, -0.2) is 0 Å². The van der Waals surface area contributed by atoms with Gasteiger partial charge in [0.05, 0.1) is 0 Å². The Bertz CT molecular complexity index is 287. The molecule has 0 spiro atoms. The molecule has 0 amide bonds. The van der Waals surface area contributed by atoms with Crippen molar-refractivity contribution in [3.05, 3.63) is 21.4 Å². The summed E-state index contributed by atoms with van der Waals surface area (Å²) >= 11 is 1.91. The molecule has 0 saturated carbocycles. The predicted molar refractivity (Wildman–Crippen MR) is 73.3 cm³/mol. The molecule has 0 aliphatic rings. The highest BCUT2D eigenvalue weighted by molar-refractivity contribution is 7.12. The van der Waals surface area contributed by atoms with E-state index in [0.717, 1.165) is 19.6 Å². The number of thiophene rings is 1. The Hall–Kier alpha value is -0.380. The van der Waals surface area contributed by atoms with Gasteiger partial charge in [0.15, 0.2) is 0 Å². The molecule has 0 saturated heterocycles. The van der Waals surface area contributed by atoms with E-state index in [1.165, 1.54) is 21.7 Å². The first-order chi connectivity index (χ1) is 7.63. The van der Waals surface area contributed by atoms with Crippen molar-refractivity contribution in [3.63, 3.8) is 0 Å². The van der Waals surface area contributed by atoms with Crippen LogP contribution in [0.25, 0.3) is 0 Å². The first-order valence-corrected chi connectivity index (χ1v) is 6.95. The van der Waals surface area contributed by atoms with Crippen LogP contribution in [0.15, 0.2) is 6.07 Å². The van der Waals surface area contributed by atoms with Gasteiger partial charge in [0.2, 0.25) is 0 Å². The van der Waals surface area contributed by atoms with Gasteiger partial charge in [0.1, 0.15) is 0 Å². The Labute approximate surface area is 103 Å². The molecule has 1 rings (SSSR count). The molecule has 2 N–H and O–H groups in total. The number of rotatable bonds is 7. The zero-order chi connectivity index (χ0) is 12.0. The number of nitrogens with one attached hydrogen (secondary N) is 2. The minimum Gasteiger partial charge on any atom is -0.314 e. The Morgan fingerprint density at radius 2 is 2.12 bits per heavy atom. The topological polar surface area (TPSA) is 24.1 Å². The van der Waals surface area contributed by atoms with Crippen molar-refractivity contribution in [3.8, 4) is 0 Å². The summed E-state index contributed by atoms with van der Waals surface area (Å²) in [6.07, 6.45) is 1.19. The molecule has 1 aromatic heterocycles. The van der Waals surface area contributed by atoms with Gasteiger partial charge >= 0.3 is 0 Å². The molecule has 16 heavy (non-hydrogen) atoms. The Morgan fingerprint density at radius 1 is 1.38 bits per heavy atom. The summed E-state index contributed by atoms with van der Waals surface area (Å²) < 4.78 is 0. The van der Waals surface area contributed by atoms with Crippen molar-refractivity contribution in [1.82, 2.24) is 10.6 Å². The standard InChI is InChI=1S/C13H24N2S/c1-5-15-11(3)6-7-14-9-13-8-10(2)12(4)16-13/h8,11,14-15H,5-7,9H2,1-4H3. The highest BCUT2D eigenvalue weighted by atomic mass is 32.1. The third-order valence-corrected chi connectivity index (χ3v) is 3.98. The number of hydrogen-bond acceptors (Lipinski definition) is 3. The molecular formula is C13H24N2S. The second-order valence-electron chi connectivity index (χ2n) is 4.38. The van der Waals surface area contributed by atoms with Gasteiger partial charge in [0, 0.05) is 22.3 Å². The molecule has 2 nitrogen and oxygen atoms in total. The molecule has 1 aromatic rings. The van der Waals surface area contributed by atoms with Gasteiger partial charge in [-0.05, 0) is 51.9 Å². The van der Waals surface area contributed by atoms with Gasteiger partial charge in [-0.15, -0.1) is 11.3 Å². The van der Waals surface area contributed by atoms with E-state index in [-0.39, 0.29) is 0 Å². The molecule has 0 bridgehead atoms.